The molecular weight excluding hydrogens is 297 g/mol. The summed E-state index contributed by atoms with van der Waals surface area (Å²) in [6.45, 7) is 1.83. The molecule has 1 aromatic carbocycles. The number of aliphatic carboxylic acids is 1. The number of hydrogen-bond donors (Lipinski definition) is 2. The zero-order valence-electron chi connectivity index (χ0n) is 13.5. The van der Waals surface area contributed by atoms with E-state index in [4.69, 9.17) is 5.11 Å². The summed E-state index contributed by atoms with van der Waals surface area (Å²) in [5, 5.41) is 12.1. The van der Waals surface area contributed by atoms with Gasteiger partial charge in [-0.25, -0.2) is 4.39 Å². The van der Waals surface area contributed by atoms with Gasteiger partial charge in [0.15, 0.2) is 0 Å². The smallest absolute Gasteiger partial charge is 0.305 e. The molecule has 0 aliphatic heterocycles. The first-order valence-electron chi connectivity index (χ1n) is 8.18. The van der Waals surface area contributed by atoms with Crippen molar-refractivity contribution in [2.75, 3.05) is 0 Å². The van der Waals surface area contributed by atoms with Crippen LogP contribution < -0.4 is 5.32 Å². The lowest BCUT2D eigenvalue weighted by Crippen LogP contribution is -2.49. The summed E-state index contributed by atoms with van der Waals surface area (Å²) in [5.41, 5.74) is 0.279. The minimum atomic E-state index is -0.875. The standard InChI is InChI=1S/C18H24FNO3/c1-13(7-8-14-5-4-6-15(19)11-14)17(23)20-18(12-16(21)22)9-2-3-10-18/h4-6,11,13H,2-3,7-10,12H2,1H3,(H,20,23)(H,21,22). The molecule has 126 valence electrons. The average molecular weight is 321 g/mol. The number of benzene rings is 1. The van der Waals surface area contributed by atoms with Crippen LogP contribution in [0.4, 0.5) is 4.39 Å². The van der Waals surface area contributed by atoms with Crippen molar-refractivity contribution >= 4 is 11.9 Å². The lowest BCUT2D eigenvalue weighted by molar-refractivity contribution is -0.139. The molecule has 1 unspecified atom stereocenters. The van der Waals surface area contributed by atoms with Crippen LogP contribution in [0.15, 0.2) is 24.3 Å². The summed E-state index contributed by atoms with van der Waals surface area (Å²) in [4.78, 5) is 23.5. The summed E-state index contributed by atoms with van der Waals surface area (Å²) in [6.07, 6.45) is 4.56. The topological polar surface area (TPSA) is 66.4 Å². The van der Waals surface area contributed by atoms with Crippen molar-refractivity contribution in [3.8, 4) is 0 Å². The largest absolute Gasteiger partial charge is 0.481 e. The second-order valence-corrected chi connectivity index (χ2v) is 6.62. The fourth-order valence-electron chi connectivity index (χ4n) is 3.28. The van der Waals surface area contributed by atoms with Crippen LogP contribution in [-0.2, 0) is 16.0 Å². The van der Waals surface area contributed by atoms with Gasteiger partial charge in [0.25, 0.3) is 0 Å². The van der Waals surface area contributed by atoms with Gasteiger partial charge in [0.2, 0.25) is 5.91 Å². The maximum Gasteiger partial charge on any atom is 0.305 e. The van der Waals surface area contributed by atoms with E-state index in [0.717, 1.165) is 31.2 Å². The molecule has 2 rings (SSSR count). The first-order valence-corrected chi connectivity index (χ1v) is 8.18. The van der Waals surface area contributed by atoms with E-state index in [-0.39, 0.29) is 24.1 Å². The molecule has 5 heteroatoms. The molecular formula is C18H24FNO3. The number of carboxylic acids is 1. The Morgan fingerprint density at radius 3 is 2.65 bits per heavy atom. The third kappa shape index (κ3) is 5.05. The van der Waals surface area contributed by atoms with Crippen LogP contribution in [0, 0.1) is 11.7 Å². The maximum atomic E-state index is 13.2. The van der Waals surface area contributed by atoms with Crippen LogP contribution in [0.3, 0.4) is 0 Å². The Hall–Kier alpha value is -1.91. The third-order valence-corrected chi connectivity index (χ3v) is 4.64. The summed E-state index contributed by atoms with van der Waals surface area (Å²) in [5.74, 6) is -1.49. The minimum absolute atomic E-state index is 0.0185. The monoisotopic (exact) mass is 321 g/mol. The van der Waals surface area contributed by atoms with Gasteiger partial charge in [0.1, 0.15) is 5.82 Å². The first kappa shape index (κ1) is 17.4. The molecule has 0 spiro atoms. The number of amides is 1. The number of rotatable bonds is 7. The van der Waals surface area contributed by atoms with Crippen LogP contribution in [0.1, 0.15) is 51.0 Å². The predicted octanol–water partition coefficient (Wildman–Crippen LogP) is 3.30. The van der Waals surface area contributed by atoms with E-state index < -0.39 is 11.5 Å². The van der Waals surface area contributed by atoms with Gasteiger partial charge < -0.3 is 10.4 Å². The van der Waals surface area contributed by atoms with Crippen molar-refractivity contribution < 1.29 is 19.1 Å². The number of carbonyl (C=O) groups is 2. The van der Waals surface area contributed by atoms with Crippen LogP contribution in [0.5, 0.6) is 0 Å². The van der Waals surface area contributed by atoms with Gasteiger partial charge in [0, 0.05) is 5.92 Å². The van der Waals surface area contributed by atoms with Crippen molar-refractivity contribution in [2.45, 2.75) is 57.4 Å². The van der Waals surface area contributed by atoms with Crippen molar-refractivity contribution in [1.82, 2.24) is 5.32 Å². The van der Waals surface area contributed by atoms with Crippen molar-refractivity contribution in [3.05, 3.63) is 35.6 Å². The predicted molar refractivity (Wildman–Crippen MR) is 85.5 cm³/mol. The van der Waals surface area contributed by atoms with Crippen LogP contribution >= 0.6 is 0 Å². The highest BCUT2D eigenvalue weighted by molar-refractivity contribution is 5.80. The number of carboxylic acid groups (broad SMARTS) is 1. The van der Waals surface area contributed by atoms with Gasteiger partial charge in [-0.2, -0.15) is 0 Å². The number of aryl methyl sites for hydroxylation is 1. The molecule has 1 saturated carbocycles. The Morgan fingerprint density at radius 2 is 2.04 bits per heavy atom. The molecule has 4 nitrogen and oxygen atoms in total. The Morgan fingerprint density at radius 1 is 1.35 bits per heavy atom. The summed E-state index contributed by atoms with van der Waals surface area (Å²) >= 11 is 0. The lowest BCUT2D eigenvalue weighted by Gasteiger charge is -2.30. The third-order valence-electron chi connectivity index (χ3n) is 4.64. The molecule has 0 radical (unpaired) electrons. The summed E-state index contributed by atoms with van der Waals surface area (Å²) in [6, 6.07) is 6.38. The number of halogens is 1. The Labute approximate surface area is 136 Å². The zero-order chi connectivity index (χ0) is 16.9. The van der Waals surface area contributed by atoms with E-state index in [2.05, 4.69) is 5.32 Å². The van der Waals surface area contributed by atoms with Crippen LogP contribution in [0.25, 0.3) is 0 Å². The second kappa shape index (κ2) is 7.57. The lowest BCUT2D eigenvalue weighted by atomic mass is 9.91. The normalized spacial score (nSPS) is 17.7. The van der Waals surface area contributed by atoms with E-state index in [9.17, 15) is 14.0 Å². The van der Waals surface area contributed by atoms with E-state index in [1.807, 2.05) is 13.0 Å². The molecule has 0 aromatic heterocycles. The molecule has 0 saturated heterocycles. The van der Waals surface area contributed by atoms with Gasteiger partial charge >= 0.3 is 5.97 Å². The van der Waals surface area contributed by atoms with Crippen molar-refractivity contribution in [1.29, 1.82) is 0 Å². The molecule has 23 heavy (non-hydrogen) atoms. The van der Waals surface area contributed by atoms with Crippen LogP contribution in [0.2, 0.25) is 0 Å². The molecule has 1 aliphatic carbocycles. The Balaban J connectivity index is 1.89. The van der Waals surface area contributed by atoms with Gasteiger partial charge in [-0.3, -0.25) is 9.59 Å². The van der Waals surface area contributed by atoms with E-state index in [1.165, 1.54) is 12.1 Å². The quantitative estimate of drug-likeness (QED) is 0.810. The Kier molecular flexibility index (Phi) is 5.74. The van der Waals surface area contributed by atoms with Gasteiger partial charge in [-0.05, 0) is 43.4 Å². The number of nitrogens with one attached hydrogen (secondary N) is 1. The van der Waals surface area contributed by atoms with Crippen molar-refractivity contribution in [2.24, 2.45) is 5.92 Å². The Bertz CT molecular complexity index is 567. The fraction of sp³-hybridized carbons (Fsp3) is 0.556. The minimum Gasteiger partial charge on any atom is -0.481 e. The van der Waals surface area contributed by atoms with Gasteiger partial charge in [-0.15, -0.1) is 0 Å². The van der Waals surface area contributed by atoms with E-state index in [0.29, 0.717) is 12.8 Å². The highest BCUT2D eigenvalue weighted by Crippen LogP contribution is 2.33. The fourth-order valence-corrected chi connectivity index (χ4v) is 3.28. The summed E-state index contributed by atoms with van der Waals surface area (Å²) < 4.78 is 13.2. The maximum absolute atomic E-state index is 13.2. The van der Waals surface area contributed by atoms with Gasteiger partial charge in [0.05, 0.1) is 12.0 Å². The van der Waals surface area contributed by atoms with Gasteiger partial charge in [-0.1, -0.05) is 31.9 Å². The summed E-state index contributed by atoms with van der Waals surface area (Å²) in [7, 11) is 0. The molecule has 1 aromatic rings. The number of hydrogen-bond acceptors (Lipinski definition) is 2. The molecule has 0 heterocycles. The molecule has 1 aliphatic rings. The van der Waals surface area contributed by atoms with Crippen molar-refractivity contribution in [3.63, 3.8) is 0 Å². The van der Waals surface area contributed by atoms with E-state index >= 15 is 0 Å². The molecule has 0 bridgehead atoms. The second-order valence-electron chi connectivity index (χ2n) is 6.62. The number of carbonyl (C=O) groups excluding carboxylic acids is 1. The SMILES string of the molecule is CC(CCc1cccc(F)c1)C(=O)NC1(CC(=O)O)CCCC1. The van der Waals surface area contributed by atoms with Crippen LogP contribution in [-0.4, -0.2) is 22.5 Å². The zero-order valence-corrected chi connectivity index (χ0v) is 13.5. The highest BCUT2D eigenvalue weighted by Gasteiger charge is 2.38. The molecule has 1 fully saturated rings. The molecule has 1 atom stereocenters. The highest BCUT2D eigenvalue weighted by atomic mass is 19.1. The first-order chi connectivity index (χ1) is 10.9. The van der Waals surface area contributed by atoms with E-state index in [1.54, 1.807) is 6.07 Å². The average Bonchev–Trinajstić information content (AvgIpc) is 2.92. The molecule has 1 amide bonds. The molecule has 2 N–H and O–H groups in total.